The molecule has 0 aliphatic carbocycles. The van der Waals surface area contributed by atoms with E-state index in [1.54, 1.807) is 60.9 Å². The van der Waals surface area contributed by atoms with Crippen LogP contribution in [0, 0.1) is 0 Å². The predicted octanol–water partition coefficient (Wildman–Crippen LogP) is 17.0. The molecule has 636 valence electrons. The summed E-state index contributed by atoms with van der Waals surface area (Å²) < 4.78 is 32.3. The second-order valence-electron chi connectivity index (χ2n) is 31.2. The standard InChI is InChI=1S/C25H23F2N5O2.C24H23N5O2.C23H21N5O3.C23H21N5O2/c26-25(27)7-9-32(10-8-25)15-16-11-18(14-28-13-16)17-1-6-22-21(12-17)23(31-30-22)24(34)29-19-2-4-20(33)5-3-19;30-20-7-5-18(6-8-20)26-24(31)23-21-13-16(4-9-22(21)27-28-23)17-12-19(15-25-14-17)29-10-2-1-3-11-29;29-19-4-2-17(3-5-19)25-23(30)22-20-12-15(1-6-21(20)26-27-22)16-11-18(14-24-13-16)28-7-9-31-10-8-28;29-19-6-4-17(5-7-19)25-23(30)22-20-12-15(3-8-21(20)26-27-22)16-11-18(14-24-13-16)28-9-1-2-10-28/h1-6,11-14,33H,7-10,15H2,(H,29,34)(H,30,31);4-9,12-15,30H,1-3,10-11H2,(H,26,31)(H,27,28);1-6,11-14,29H,7-10H2,(H,25,30)(H,26,27);3-8,11-14,29H,1-2,9-10H2,(H,25,30)(H,26,27). The fraction of sp³-hybridized carbons (Fsp3) is 0.200. The van der Waals surface area contributed by atoms with E-state index in [4.69, 9.17) is 4.74 Å². The zero-order chi connectivity index (χ0) is 86.6. The fourth-order valence-electron chi connectivity index (χ4n) is 15.7. The maximum Gasteiger partial charge on any atom is 0.276 e. The summed E-state index contributed by atoms with van der Waals surface area (Å²) in [4.78, 5) is 77.9. The van der Waals surface area contributed by atoms with E-state index in [-0.39, 0.29) is 65.2 Å². The van der Waals surface area contributed by atoms with E-state index in [0.717, 1.165) is 145 Å². The van der Waals surface area contributed by atoms with Crippen molar-refractivity contribution >= 4 is 107 Å². The molecule has 4 aliphatic rings. The van der Waals surface area contributed by atoms with Crippen LogP contribution >= 0.6 is 0 Å². The van der Waals surface area contributed by atoms with Gasteiger partial charge in [0.2, 0.25) is 0 Å². The Balaban J connectivity index is 0.000000119. The zero-order valence-electron chi connectivity index (χ0n) is 68.3. The van der Waals surface area contributed by atoms with Gasteiger partial charge in [-0.1, -0.05) is 24.3 Å². The summed E-state index contributed by atoms with van der Waals surface area (Å²) in [5.74, 6) is -3.34. The van der Waals surface area contributed by atoms with Crippen LogP contribution in [0.15, 0.2) is 244 Å². The lowest BCUT2D eigenvalue weighted by molar-refractivity contribution is -0.0566. The smallest absolute Gasteiger partial charge is 0.276 e. The van der Waals surface area contributed by atoms with Gasteiger partial charge in [0.25, 0.3) is 29.6 Å². The predicted molar refractivity (Wildman–Crippen MR) is 482 cm³/mol. The molecule has 0 unspecified atom stereocenters. The van der Waals surface area contributed by atoms with Crippen LogP contribution in [-0.4, -0.2) is 181 Å². The quantitative estimate of drug-likeness (QED) is 0.0377. The third-order valence-electron chi connectivity index (χ3n) is 22.5. The van der Waals surface area contributed by atoms with Crippen molar-refractivity contribution in [2.24, 2.45) is 0 Å². The van der Waals surface area contributed by atoms with E-state index in [1.165, 1.54) is 80.6 Å². The van der Waals surface area contributed by atoms with Crippen LogP contribution < -0.4 is 36.0 Å². The Hall–Kier alpha value is -15.5. The third-order valence-corrected chi connectivity index (χ3v) is 22.5. The molecule has 0 atom stereocenters. The second-order valence-corrected chi connectivity index (χ2v) is 31.2. The van der Waals surface area contributed by atoms with Gasteiger partial charge in [-0.05, 0) is 230 Å². The van der Waals surface area contributed by atoms with Gasteiger partial charge < -0.3 is 61.1 Å². The molecule has 0 spiro atoms. The van der Waals surface area contributed by atoms with E-state index < -0.39 is 5.92 Å². The van der Waals surface area contributed by atoms with Gasteiger partial charge >= 0.3 is 0 Å². The molecule has 31 heteroatoms. The number of pyridine rings is 4. The molecule has 0 bridgehead atoms. The number of carbonyl (C=O) groups is 4. The Bertz CT molecular complexity index is 6380. The topological polar surface area (TPSA) is 386 Å². The van der Waals surface area contributed by atoms with Gasteiger partial charge in [-0.3, -0.25) is 64.4 Å². The first kappa shape index (κ1) is 82.8. The number of phenols is 4. The molecule has 4 aliphatic heterocycles. The number of anilines is 7. The molecule has 20 rings (SSSR count). The number of halogens is 2. The second kappa shape index (κ2) is 37.5. The fourth-order valence-corrected chi connectivity index (χ4v) is 15.7. The number of ether oxygens (including phenoxy) is 1. The lowest BCUT2D eigenvalue weighted by Gasteiger charge is -2.31. The highest BCUT2D eigenvalue weighted by Gasteiger charge is 2.34. The number of amides is 4. The number of nitrogens with one attached hydrogen (secondary N) is 8. The van der Waals surface area contributed by atoms with E-state index in [0.29, 0.717) is 78.1 Å². The van der Waals surface area contributed by atoms with E-state index in [2.05, 4.69) is 115 Å². The molecule has 29 nitrogen and oxygen atoms in total. The van der Waals surface area contributed by atoms with E-state index in [9.17, 15) is 48.4 Å². The van der Waals surface area contributed by atoms with Crippen LogP contribution in [0.5, 0.6) is 23.0 Å². The van der Waals surface area contributed by atoms with Crippen molar-refractivity contribution in [2.75, 3.05) is 102 Å². The molecule has 12 heterocycles. The minimum atomic E-state index is -2.57. The van der Waals surface area contributed by atoms with Crippen molar-refractivity contribution in [1.29, 1.82) is 0 Å². The Morgan fingerprint density at radius 3 is 0.937 bits per heavy atom. The SMILES string of the molecule is O=C(Nc1ccc(O)cc1)c1n[nH]c2ccc(-c3cncc(CN4CCC(F)(F)CC4)c3)cc12.O=C(Nc1ccc(O)cc1)c1n[nH]c2ccc(-c3cncc(N4CCCC4)c3)cc12.O=C(Nc1ccc(O)cc1)c1n[nH]c2ccc(-c3cncc(N4CCCCC4)c3)cc12.O=C(Nc1ccc(O)cc1)c1n[nH]c2ccc(-c3cncc(N4CCOCC4)c3)cc12. The number of morpholine rings is 1. The van der Waals surface area contributed by atoms with Gasteiger partial charge in [-0.25, -0.2) is 8.78 Å². The van der Waals surface area contributed by atoms with Crippen molar-refractivity contribution in [1.82, 2.24) is 65.6 Å². The summed E-state index contributed by atoms with van der Waals surface area (Å²) in [7, 11) is 0. The number of carbonyl (C=O) groups excluding carboxylic acids is 4. The average Bonchev–Trinajstić information content (AvgIpc) is 1.55. The first-order chi connectivity index (χ1) is 61.4. The van der Waals surface area contributed by atoms with Crippen LogP contribution in [0.3, 0.4) is 0 Å². The first-order valence-corrected chi connectivity index (χ1v) is 41.5. The normalized spacial score (nSPS) is 14.4. The highest BCUT2D eigenvalue weighted by atomic mass is 19.3. The van der Waals surface area contributed by atoms with Crippen molar-refractivity contribution < 1.29 is 53.1 Å². The number of aromatic amines is 4. The van der Waals surface area contributed by atoms with Crippen molar-refractivity contribution in [2.45, 2.75) is 57.4 Å². The minimum Gasteiger partial charge on any atom is -0.508 e. The number of fused-ring (bicyclic) bond motifs is 4. The van der Waals surface area contributed by atoms with Crippen molar-refractivity contribution in [3.8, 4) is 67.5 Å². The molecule has 12 N–H and O–H groups in total. The molecule has 4 fully saturated rings. The Labute approximate surface area is 720 Å². The Morgan fingerprint density at radius 2 is 0.619 bits per heavy atom. The summed E-state index contributed by atoms with van der Waals surface area (Å²) in [5.41, 5.74) is 18.5. The number of hydrogen-bond acceptors (Lipinski definition) is 21. The zero-order valence-corrected chi connectivity index (χ0v) is 68.3. The molecular formula is C95H88F2N20O9. The molecular weight excluding hydrogens is 1600 g/mol. The summed E-state index contributed by atoms with van der Waals surface area (Å²) >= 11 is 0. The number of aromatic nitrogens is 12. The molecule has 8 aromatic carbocycles. The number of alkyl halides is 2. The lowest BCUT2D eigenvalue weighted by Crippen LogP contribution is -2.38. The maximum atomic E-state index is 13.4. The monoisotopic (exact) mass is 1690 g/mol. The summed E-state index contributed by atoms with van der Waals surface area (Å²) in [6.07, 6.45) is 20.6. The van der Waals surface area contributed by atoms with Gasteiger partial charge in [0.15, 0.2) is 22.8 Å². The van der Waals surface area contributed by atoms with Crippen LogP contribution in [-0.2, 0) is 11.3 Å². The van der Waals surface area contributed by atoms with Gasteiger partial charge in [-0.2, -0.15) is 20.4 Å². The van der Waals surface area contributed by atoms with E-state index in [1.807, 2.05) is 121 Å². The molecule has 4 saturated heterocycles. The van der Waals surface area contributed by atoms with Crippen molar-refractivity contribution in [3.05, 3.63) is 272 Å². The molecule has 8 aromatic heterocycles. The number of aromatic hydroxyl groups is 4. The Kier molecular flexibility index (Phi) is 24.6. The van der Waals surface area contributed by atoms with Crippen molar-refractivity contribution in [3.63, 3.8) is 0 Å². The molecule has 0 saturated carbocycles. The number of nitrogens with zero attached hydrogens (tertiary/aromatic N) is 12. The molecule has 4 amide bonds. The molecule has 126 heavy (non-hydrogen) atoms. The lowest BCUT2D eigenvalue weighted by atomic mass is 10.0. The number of hydrogen-bond donors (Lipinski definition) is 12. The first-order valence-electron chi connectivity index (χ1n) is 41.5. The van der Waals surface area contributed by atoms with Crippen LogP contribution in [0.4, 0.5) is 48.6 Å². The van der Waals surface area contributed by atoms with E-state index >= 15 is 0 Å². The Morgan fingerprint density at radius 1 is 0.333 bits per heavy atom. The largest absolute Gasteiger partial charge is 0.508 e. The van der Waals surface area contributed by atoms with Gasteiger partial charge in [0.05, 0.1) is 70.9 Å². The summed E-state index contributed by atoms with van der Waals surface area (Å²) in [5, 5.41) is 80.3. The number of rotatable bonds is 17. The number of H-pyrrole nitrogens is 4. The average molecular weight is 1690 g/mol. The van der Waals surface area contributed by atoms with Crippen LogP contribution in [0.2, 0.25) is 0 Å². The number of benzene rings is 8. The summed E-state index contributed by atoms with van der Waals surface area (Å²) in [6.45, 7) is 8.64. The third kappa shape index (κ3) is 19.8. The van der Waals surface area contributed by atoms with Gasteiger partial charge in [0.1, 0.15) is 23.0 Å². The number of phenolic OH excluding ortho intramolecular Hbond substituents is 4. The van der Waals surface area contributed by atoms with Gasteiger partial charge in [0, 0.05) is 169 Å². The number of likely N-dealkylation sites (tertiary alicyclic amines) is 1. The minimum absolute atomic E-state index is 0.113. The highest BCUT2D eigenvalue weighted by molar-refractivity contribution is 6.15. The highest BCUT2D eigenvalue weighted by Crippen LogP contribution is 2.36. The number of piperidine rings is 2. The molecule has 0 radical (unpaired) electrons. The molecule has 16 aromatic rings. The van der Waals surface area contributed by atoms with Gasteiger partial charge in [-0.15, -0.1) is 0 Å². The summed E-state index contributed by atoms with van der Waals surface area (Å²) in [6, 6.07) is 56.9. The maximum absolute atomic E-state index is 13.4. The van der Waals surface area contributed by atoms with Crippen LogP contribution in [0.1, 0.15) is 92.5 Å². The van der Waals surface area contributed by atoms with Crippen LogP contribution in [0.25, 0.3) is 88.1 Å².